The molecular weight excluding hydrogens is 366 g/mol. The summed E-state index contributed by atoms with van der Waals surface area (Å²) in [5, 5.41) is 3.05. The van der Waals surface area contributed by atoms with Gasteiger partial charge < -0.3 is 20.7 Å². The van der Waals surface area contributed by atoms with Crippen molar-refractivity contribution < 1.29 is 14.3 Å². The minimum Gasteiger partial charge on any atom is -0.494 e. The third kappa shape index (κ3) is 5.50. The first-order chi connectivity index (χ1) is 14.1. The fraction of sp³-hybridized carbons (Fsp3) is 0.391. The lowest BCUT2D eigenvalue weighted by Gasteiger charge is -2.33. The highest BCUT2D eigenvalue weighted by Crippen LogP contribution is 2.30. The summed E-state index contributed by atoms with van der Waals surface area (Å²) in [7, 11) is 0. The Morgan fingerprint density at radius 3 is 2.52 bits per heavy atom. The van der Waals surface area contributed by atoms with Crippen molar-refractivity contribution in [2.24, 2.45) is 11.7 Å². The van der Waals surface area contributed by atoms with Gasteiger partial charge in [0.15, 0.2) is 0 Å². The number of nitrogens with zero attached hydrogens (tertiary/aromatic N) is 1. The number of hydrogen-bond donors (Lipinski definition) is 2. The molecule has 1 aliphatic rings. The van der Waals surface area contributed by atoms with Gasteiger partial charge in [0.25, 0.3) is 0 Å². The SMILES string of the molecule is CCOc1ccccc1CCC(=O)Nc1ccccc1N1CCC(C(N)=O)CC1. The molecule has 0 unspecified atom stereocenters. The van der Waals surface area contributed by atoms with E-state index in [0.717, 1.165) is 48.6 Å². The number of benzene rings is 2. The van der Waals surface area contributed by atoms with Crippen molar-refractivity contribution >= 4 is 23.2 Å². The molecule has 3 N–H and O–H groups in total. The largest absolute Gasteiger partial charge is 0.494 e. The van der Waals surface area contributed by atoms with E-state index in [1.54, 1.807) is 0 Å². The van der Waals surface area contributed by atoms with Gasteiger partial charge in [-0.1, -0.05) is 30.3 Å². The molecule has 0 aliphatic carbocycles. The summed E-state index contributed by atoms with van der Waals surface area (Å²) in [5.74, 6) is 0.522. The maximum Gasteiger partial charge on any atom is 0.224 e. The van der Waals surface area contributed by atoms with E-state index < -0.39 is 0 Å². The van der Waals surface area contributed by atoms with Gasteiger partial charge >= 0.3 is 0 Å². The summed E-state index contributed by atoms with van der Waals surface area (Å²) in [6.45, 7) is 4.06. The van der Waals surface area contributed by atoms with Gasteiger partial charge in [-0.2, -0.15) is 0 Å². The van der Waals surface area contributed by atoms with Crippen molar-refractivity contribution in [1.82, 2.24) is 0 Å². The lowest BCUT2D eigenvalue weighted by molar-refractivity contribution is -0.122. The van der Waals surface area contributed by atoms with Crippen molar-refractivity contribution in [2.45, 2.75) is 32.6 Å². The van der Waals surface area contributed by atoms with Crippen LogP contribution in [0.5, 0.6) is 5.75 Å². The lowest BCUT2D eigenvalue weighted by atomic mass is 9.96. The highest BCUT2D eigenvalue weighted by atomic mass is 16.5. The average Bonchev–Trinajstić information content (AvgIpc) is 2.74. The molecule has 0 atom stereocenters. The smallest absolute Gasteiger partial charge is 0.224 e. The molecule has 6 heteroatoms. The van der Waals surface area contributed by atoms with Gasteiger partial charge in [-0.15, -0.1) is 0 Å². The van der Waals surface area contributed by atoms with Crippen LogP contribution in [-0.2, 0) is 16.0 Å². The average molecular weight is 396 g/mol. The standard InChI is InChI=1S/C23H29N3O3/c1-2-29-21-10-6-3-7-17(21)11-12-22(27)25-19-8-4-5-9-20(19)26-15-13-18(14-16-26)23(24)28/h3-10,18H,2,11-16H2,1H3,(H2,24,28)(H,25,27). The fourth-order valence-electron chi connectivity index (χ4n) is 3.73. The van der Waals surface area contributed by atoms with Crippen molar-refractivity contribution in [3.05, 3.63) is 54.1 Å². The molecule has 0 aromatic heterocycles. The molecule has 0 spiro atoms. The molecule has 0 bridgehead atoms. The second kappa shape index (κ2) is 9.96. The van der Waals surface area contributed by atoms with Crippen LogP contribution < -0.4 is 20.7 Å². The van der Waals surface area contributed by atoms with E-state index in [0.29, 0.717) is 19.4 Å². The summed E-state index contributed by atoms with van der Waals surface area (Å²) >= 11 is 0. The third-order valence-corrected chi connectivity index (χ3v) is 5.31. The van der Waals surface area contributed by atoms with Crippen molar-refractivity contribution in [1.29, 1.82) is 0 Å². The van der Waals surface area contributed by atoms with Crippen molar-refractivity contribution in [3.63, 3.8) is 0 Å². The molecule has 2 amide bonds. The summed E-state index contributed by atoms with van der Waals surface area (Å²) < 4.78 is 5.64. The molecule has 2 aromatic rings. The molecule has 2 aromatic carbocycles. The zero-order chi connectivity index (χ0) is 20.6. The number of primary amides is 1. The minimum atomic E-state index is -0.224. The Hall–Kier alpha value is -3.02. The first-order valence-corrected chi connectivity index (χ1v) is 10.2. The van der Waals surface area contributed by atoms with Crippen LogP contribution in [0.4, 0.5) is 11.4 Å². The summed E-state index contributed by atoms with van der Waals surface area (Å²) in [4.78, 5) is 26.2. The molecule has 154 valence electrons. The normalized spacial score (nSPS) is 14.4. The Bertz CT molecular complexity index is 845. The molecule has 3 rings (SSSR count). The predicted octanol–water partition coefficient (Wildman–Crippen LogP) is 3.36. The van der Waals surface area contributed by atoms with Gasteiger partial charge in [0.1, 0.15) is 5.75 Å². The van der Waals surface area contributed by atoms with E-state index in [9.17, 15) is 9.59 Å². The molecule has 1 saturated heterocycles. The first-order valence-electron chi connectivity index (χ1n) is 10.2. The van der Waals surface area contributed by atoms with Crippen molar-refractivity contribution in [2.75, 3.05) is 29.9 Å². The van der Waals surface area contributed by atoms with Gasteiger partial charge in [0, 0.05) is 25.4 Å². The maximum absolute atomic E-state index is 12.6. The topological polar surface area (TPSA) is 84.7 Å². The van der Waals surface area contributed by atoms with E-state index in [1.807, 2.05) is 55.5 Å². The zero-order valence-electron chi connectivity index (χ0n) is 16.9. The molecule has 6 nitrogen and oxygen atoms in total. The third-order valence-electron chi connectivity index (χ3n) is 5.31. The van der Waals surface area contributed by atoms with Crippen LogP contribution in [0.1, 0.15) is 31.7 Å². The summed E-state index contributed by atoms with van der Waals surface area (Å²) in [5.41, 5.74) is 8.25. The highest BCUT2D eigenvalue weighted by molar-refractivity contribution is 5.94. The van der Waals surface area contributed by atoms with Crippen LogP contribution in [0.15, 0.2) is 48.5 Å². The highest BCUT2D eigenvalue weighted by Gasteiger charge is 2.24. The number of hydrogen-bond acceptors (Lipinski definition) is 4. The van der Waals surface area contributed by atoms with Gasteiger partial charge in [-0.3, -0.25) is 9.59 Å². The van der Waals surface area contributed by atoms with Crippen LogP contribution in [0.25, 0.3) is 0 Å². The van der Waals surface area contributed by atoms with Crippen LogP contribution in [0.3, 0.4) is 0 Å². The van der Waals surface area contributed by atoms with Gasteiger partial charge in [-0.05, 0) is 49.9 Å². The lowest BCUT2D eigenvalue weighted by Crippen LogP contribution is -2.38. The Morgan fingerprint density at radius 1 is 1.10 bits per heavy atom. The second-order valence-corrected chi connectivity index (χ2v) is 7.27. The molecule has 1 heterocycles. The fourth-order valence-corrected chi connectivity index (χ4v) is 3.73. The monoisotopic (exact) mass is 395 g/mol. The predicted molar refractivity (Wildman–Crippen MR) is 115 cm³/mol. The molecule has 1 aliphatic heterocycles. The molecular formula is C23H29N3O3. The molecule has 0 saturated carbocycles. The first kappa shape index (κ1) is 20.7. The Morgan fingerprint density at radius 2 is 1.79 bits per heavy atom. The van der Waals surface area contributed by atoms with E-state index in [-0.39, 0.29) is 17.7 Å². The number of para-hydroxylation sites is 3. The molecule has 0 radical (unpaired) electrons. The maximum atomic E-state index is 12.6. The van der Waals surface area contributed by atoms with Gasteiger partial charge in [0.05, 0.1) is 18.0 Å². The number of carbonyl (C=O) groups excluding carboxylic acids is 2. The molecule has 1 fully saturated rings. The minimum absolute atomic E-state index is 0.0317. The van der Waals surface area contributed by atoms with Gasteiger partial charge in [-0.25, -0.2) is 0 Å². The van der Waals surface area contributed by atoms with Crippen molar-refractivity contribution in [3.8, 4) is 5.75 Å². The van der Waals surface area contributed by atoms with E-state index in [4.69, 9.17) is 10.5 Å². The zero-order valence-corrected chi connectivity index (χ0v) is 16.9. The quantitative estimate of drug-likeness (QED) is 0.718. The van der Waals surface area contributed by atoms with Crippen LogP contribution in [0, 0.1) is 5.92 Å². The number of carbonyl (C=O) groups is 2. The van der Waals surface area contributed by atoms with E-state index >= 15 is 0 Å². The van der Waals surface area contributed by atoms with Crippen LogP contribution >= 0.6 is 0 Å². The number of nitrogens with one attached hydrogen (secondary N) is 1. The summed E-state index contributed by atoms with van der Waals surface area (Å²) in [6.07, 6.45) is 2.48. The van der Waals surface area contributed by atoms with Gasteiger partial charge in [0.2, 0.25) is 11.8 Å². The summed E-state index contributed by atoms with van der Waals surface area (Å²) in [6, 6.07) is 15.6. The number of amides is 2. The second-order valence-electron chi connectivity index (χ2n) is 7.27. The number of rotatable bonds is 8. The Balaban J connectivity index is 1.61. The molecule has 29 heavy (non-hydrogen) atoms. The van der Waals surface area contributed by atoms with Crippen LogP contribution in [0.2, 0.25) is 0 Å². The number of ether oxygens (including phenoxy) is 1. The Labute approximate surface area is 172 Å². The number of anilines is 2. The van der Waals surface area contributed by atoms with E-state index in [2.05, 4.69) is 10.2 Å². The van der Waals surface area contributed by atoms with E-state index in [1.165, 1.54) is 0 Å². The number of aryl methyl sites for hydroxylation is 1. The number of nitrogens with two attached hydrogens (primary N) is 1. The Kier molecular flexibility index (Phi) is 7.11. The number of piperidine rings is 1. The van der Waals surface area contributed by atoms with Crippen LogP contribution in [-0.4, -0.2) is 31.5 Å².